The van der Waals surface area contributed by atoms with Crippen LogP contribution < -0.4 is 10.1 Å². The zero-order chi connectivity index (χ0) is 31.0. The van der Waals surface area contributed by atoms with E-state index < -0.39 is 18.1 Å². The lowest BCUT2D eigenvalue weighted by Gasteiger charge is -2.43. The van der Waals surface area contributed by atoms with Crippen LogP contribution in [0, 0.1) is 5.92 Å². The maximum Gasteiger partial charge on any atom is 0.408 e. The van der Waals surface area contributed by atoms with E-state index in [1.54, 1.807) is 36.4 Å². The molecule has 0 aromatic heterocycles. The van der Waals surface area contributed by atoms with Crippen LogP contribution in [0.4, 0.5) is 4.79 Å². The number of piperidine rings is 3. The molecule has 45 heavy (non-hydrogen) atoms. The number of rotatable bonds is 11. The van der Waals surface area contributed by atoms with Crippen molar-refractivity contribution in [3.05, 3.63) is 137 Å². The number of nitrogens with one attached hydrogen (secondary N) is 1. The first-order valence-electron chi connectivity index (χ1n) is 15.3. The van der Waals surface area contributed by atoms with Crippen LogP contribution in [0.5, 0.6) is 5.75 Å². The Balaban J connectivity index is 1.07. The Hall–Kier alpha value is -4.95. The highest BCUT2D eigenvalue weighted by atomic mass is 16.6. The lowest BCUT2D eigenvalue weighted by atomic mass is 9.86. The highest BCUT2D eigenvalue weighted by molar-refractivity contribution is 5.89. The molecule has 7 rings (SSSR count). The quantitative estimate of drug-likeness (QED) is 0.158. The summed E-state index contributed by atoms with van der Waals surface area (Å²) in [6.45, 7) is 3.35. The molecule has 3 aliphatic heterocycles. The van der Waals surface area contributed by atoms with Gasteiger partial charge in [-0.15, -0.1) is 0 Å². The van der Waals surface area contributed by atoms with Crippen molar-refractivity contribution in [3.8, 4) is 5.75 Å². The van der Waals surface area contributed by atoms with Crippen LogP contribution in [-0.4, -0.2) is 49.0 Å². The normalized spacial score (nSPS) is 19.2. The number of amides is 1. The predicted octanol–water partition coefficient (Wildman–Crippen LogP) is 6.34. The van der Waals surface area contributed by atoms with Crippen LogP contribution in [0.3, 0.4) is 0 Å². The first-order valence-corrected chi connectivity index (χ1v) is 15.3. The molecule has 3 saturated heterocycles. The van der Waals surface area contributed by atoms with Gasteiger partial charge in [0, 0.05) is 12.1 Å². The Morgan fingerprint density at radius 1 is 0.822 bits per heavy atom. The Morgan fingerprint density at radius 3 is 2.31 bits per heavy atom. The lowest BCUT2D eigenvalue weighted by molar-refractivity contribution is -0.0336. The van der Waals surface area contributed by atoms with Gasteiger partial charge in [0.15, 0.2) is 0 Å². The van der Waals surface area contributed by atoms with Gasteiger partial charge in [0.2, 0.25) is 0 Å². The number of nitrogens with zero attached hydrogens (tertiary/aromatic N) is 1. The zero-order valence-corrected chi connectivity index (χ0v) is 25.0. The molecule has 230 valence electrons. The van der Waals surface area contributed by atoms with Gasteiger partial charge in [-0.2, -0.15) is 0 Å². The monoisotopic (exact) mass is 604 g/mol. The van der Waals surface area contributed by atoms with Crippen LogP contribution >= 0.6 is 0 Å². The van der Waals surface area contributed by atoms with Crippen LogP contribution in [0.2, 0.25) is 0 Å². The number of alkyl carbamates (subject to hydrolysis) is 1. The Morgan fingerprint density at radius 2 is 1.58 bits per heavy atom. The van der Waals surface area contributed by atoms with Crippen LogP contribution in [0.1, 0.15) is 61.9 Å². The van der Waals surface area contributed by atoms with E-state index in [9.17, 15) is 14.4 Å². The molecule has 4 aromatic rings. The van der Waals surface area contributed by atoms with Crippen LogP contribution in [-0.2, 0) is 22.7 Å². The summed E-state index contributed by atoms with van der Waals surface area (Å²) in [5, 5.41) is 3.11. The van der Waals surface area contributed by atoms with Crippen molar-refractivity contribution in [1.82, 2.24) is 10.2 Å². The summed E-state index contributed by atoms with van der Waals surface area (Å²) in [6, 6.07) is 31.1. The Labute approximate surface area is 262 Å². The average molecular weight is 605 g/mol. The predicted molar refractivity (Wildman–Crippen MR) is 169 cm³/mol. The van der Waals surface area contributed by atoms with Gasteiger partial charge < -0.3 is 19.5 Å². The fourth-order valence-electron chi connectivity index (χ4n) is 6.01. The van der Waals surface area contributed by atoms with Gasteiger partial charge in [0.25, 0.3) is 0 Å². The van der Waals surface area contributed by atoms with E-state index >= 15 is 0 Å². The van der Waals surface area contributed by atoms with Gasteiger partial charge in [0.1, 0.15) is 31.4 Å². The van der Waals surface area contributed by atoms with Crippen molar-refractivity contribution in [2.45, 2.75) is 38.2 Å². The van der Waals surface area contributed by atoms with Gasteiger partial charge in [0.05, 0.1) is 11.6 Å². The molecule has 1 amide bonds. The number of hydrogen-bond acceptors (Lipinski definition) is 7. The van der Waals surface area contributed by atoms with Gasteiger partial charge in [-0.3, -0.25) is 9.69 Å². The smallest absolute Gasteiger partial charge is 0.408 e. The highest BCUT2D eigenvalue weighted by Crippen LogP contribution is 2.31. The minimum Gasteiger partial charge on any atom is -0.489 e. The molecule has 0 unspecified atom stereocenters. The van der Waals surface area contributed by atoms with Crippen molar-refractivity contribution in [3.63, 3.8) is 0 Å². The van der Waals surface area contributed by atoms with Gasteiger partial charge in [-0.25, -0.2) is 9.59 Å². The van der Waals surface area contributed by atoms with E-state index in [4.69, 9.17) is 14.2 Å². The third kappa shape index (κ3) is 7.77. The first-order chi connectivity index (χ1) is 22.0. The lowest BCUT2D eigenvalue weighted by Crippen LogP contribution is -2.52. The molecular formula is C37H36N2O6. The SMILES string of the molecule is O=Cc1cccc(COC(=O)c2ccc(COc3cccc([C@@H](NC(=O)O[C@H]4CN5CCC4CC5)c4ccccc4)c3)cc2)c1. The number of esters is 1. The molecule has 8 nitrogen and oxygen atoms in total. The minimum absolute atomic E-state index is 0.0766. The molecule has 1 N–H and O–H groups in total. The molecule has 8 heteroatoms. The summed E-state index contributed by atoms with van der Waals surface area (Å²) in [6.07, 6.45) is 2.42. The fraction of sp³-hybridized carbons (Fsp3) is 0.270. The van der Waals surface area contributed by atoms with Gasteiger partial charge in [-0.1, -0.05) is 72.8 Å². The summed E-state index contributed by atoms with van der Waals surface area (Å²) >= 11 is 0. The molecule has 2 bridgehead atoms. The second-order valence-electron chi connectivity index (χ2n) is 11.6. The number of benzene rings is 4. The van der Waals surface area contributed by atoms with Gasteiger partial charge in [-0.05, 0) is 84.4 Å². The van der Waals surface area contributed by atoms with E-state index in [0.29, 0.717) is 29.4 Å². The second kappa shape index (κ2) is 14.2. The number of carbonyl (C=O) groups is 3. The highest BCUT2D eigenvalue weighted by Gasteiger charge is 2.36. The third-order valence-electron chi connectivity index (χ3n) is 8.49. The van der Waals surface area contributed by atoms with Gasteiger partial charge >= 0.3 is 12.1 Å². The van der Waals surface area contributed by atoms with E-state index in [2.05, 4.69) is 10.2 Å². The fourth-order valence-corrected chi connectivity index (χ4v) is 6.01. The van der Waals surface area contributed by atoms with E-state index in [-0.39, 0.29) is 12.7 Å². The molecule has 3 heterocycles. The molecule has 3 aliphatic rings. The summed E-state index contributed by atoms with van der Waals surface area (Å²) < 4.78 is 17.5. The van der Waals surface area contributed by atoms with E-state index in [1.165, 1.54) is 0 Å². The van der Waals surface area contributed by atoms with Crippen LogP contribution in [0.15, 0.2) is 103 Å². The first kappa shape index (κ1) is 30.1. The van der Waals surface area contributed by atoms with Crippen molar-refractivity contribution < 1.29 is 28.6 Å². The summed E-state index contributed by atoms with van der Waals surface area (Å²) in [5.74, 6) is 0.639. The molecule has 3 fully saturated rings. The number of hydrogen-bond donors (Lipinski definition) is 1. The molecular weight excluding hydrogens is 568 g/mol. The largest absolute Gasteiger partial charge is 0.489 e. The molecule has 0 saturated carbocycles. The summed E-state index contributed by atoms with van der Waals surface area (Å²) in [5.41, 5.74) is 4.41. The number of fused-ring (bicyclic) bond motifs is 3. The van der Waals surface area contributed by atoms with Crippen LogP contribution in [0.25, 0.3) is 0 Å². The zero-order valence-electron chi connectivity index (χ0n) is 25.0. The molecule has 0 radical (unpaired) electrons. The van der Waals surface area contributed by atoms with Crippen molar-refractivity contribution >= 4 is 18.3 Å². The third-order valence-corrected chi connectivity index (χ3v) is 8.49. The molecule has 0 spiro atoms. The summed E-state index contributed by atoms with van der Waals surface area (Å²) in [4.78, 5) is 39.0. The van der Waals surface area contributed by atoms with E-state index in [0.717, 1.165) is 61.0 Å². The van der Waals surface area contributed by atoms with Crippen molar-refractivity contribution in [2.24, 2.45) is 5.92 Å². The second-order valence-corrected chi connectivity index (χ2v) is 11.6. The van der Waals surface area contributed by atoms with Crippen molar-refractivity contribution in [2.75, 3.05) is 19.6 Å². The Kier molecular flexibility index (Phi) is 9.51. The Bertz CT molecular complexity index is 1620. The van der Waals surface area contributed by atoms with Crippen molar-refractivity contribution in [1.29, 1.82) is 0 Å². The maximum absolute atomic E-state index is 13.1. The topological polar surface area (TPSA) is 94.2 Å². The minimum atomic E-state index is -0.446. The molecule has 2 atom stereocenters. The average Bonchev–Trinajstić information content (AvgIpc) is 3.10. The maximum atomic E-state index is 13.1. The van der Waals surface area contributed by atoms with E-state index in [1.807, 2.05) is 66.7 Å². The standard InChI is InChI=1S/C37H36N2O6/c40-23-27-6-4-7-28(20-27)25-44-36(41)31-14-12-26(13-15-31)24-43-33-11-5-10-32(21-33)35(30-8-2-1-3-9-30)38-37(42)45-34-22-39-18-16-29(34)17-19-39/h1-15,20-21,23,29,34-35H,16-19,22,24-25H2,(H,38,42)/t34-,35-/m0/s1. The molecule has 0 aliphatic carbocycles. The number of ether oxygens (including phenoxy) is 3. The number of carbonyl (C=O) groups excluding carboxylic acids is 3. The number of aldehydes is 1. The summed E-state index contributed by atoms with van der Waals surface area (Å²) in [7, 11) is 0. The molecule has 4 aromatic carbocycles.